The van der Waals surface area contributed by atoms with E-state index in [1.54, 1.807) is 19.0 Å². The zero-order valence-corrected chi connectivity index (χ0v) is 16.8. The van der Waals surface area contributed by atoms with Gasteiger partial charge in [-0.1, -0.05) is 63.2 Å². The van der Waals surface area contributed by atoms with E-state index < -0.39 is 0 Å². The third-order valence-electron chi connectivity index (χ3n) is 4.02. The summed E-state index contributed by atoms with van der Waals surface area (Å²) in [5.74, 6) is 0.0150. The molecule has 26 heavy (non-hydrogen) atoms. The van der Waals surface area contributed by atoms with Gasteiger partial charge in [-0.3, -0.25) is 4.79 Å². The molecule has 0 spiro atoms. The molecule has 0 aliphatic rings. The lowest BCUT2D eigenvalue weighted by Crippen LogP contribution is -2.21. The minimum Gasteiger partial charge on any atom is -0.345 e. The van der Waals surface area contributed by atoms with Gasteiger partial charge in [0, 0.05) is 25.2 Å². The molecule has 2 nitrogen and oxygen atoms in total. The fraction of sp³-hybridized carbons (Fsp3) is 0.333. The van der Waals surface area contributed by atoms with E-state index in [0.29, 0.717) is 5.56 Å². The summed E-state index contributed by atoms with van der Waals surface area (Å²) in [6.07, 6.45) is 0.987. The maximum Gasteiger partial charge on any atom is 0.253 e. The number of hydrogen-bond acceptors (Lipinski definition) is 1. The maximum absolute atomic E-state index is 12.1. The Bertz CT molecular complexity index is 815. The molecule has 0 aliphatic heterocycles. The van der Waals surface area contributed by atoms with Gasteiger partial charge in [-0.25, -0.2) is 0 Å². The van der Waals surface area contributed by atoms with Crippen LogP contribution in [0.1, 0.15) is 55.6 Å². The predicted octanol–water partition coefficient (Wildman–Crippen LogP) is 5.80. The molecule has 136 valence electrons. The highest BCUT2D eigenvalue weighted by Gasteiger charge is 2.12. The third kappa shape index (κ3) is 5.47. The molecule has 0 N–H and O–H groups in total. The van der Waals surface area contributed by atoms with Crippen molar-refractivity contribution in [1.82, 2.24) is 4.90 Å². The van der Waals surface area contributed by atoms with Gasteiger partial charge in [-0.05, 0) is 47.6 Å². The molecule has 2 aromatic rings. The molecule has 0 aromatic heterocycles. The lowest BCUT2D eigenvalue weighted by Gasteiger charge is -2.17. The summed E-state index contributed by atoms with van der Waals surface area (Å²) in [6.45, 7) is 8.85. The zero-order chi connectivity index (χ0) is 19.3. The fourth-order valence-corrected chi connectivity index (χ4v) is 3.01. The lowest BCUT2D eigenvalue weighted by molar-refractivity contribution is 0.0827. The molecule has 0 atom stereocenters. The second-order valence-electron chi connectivity index (χ2n) is 8.16. The maximum atomic E-state index is 12.1. The zero-order valence-electron chi connectivity index (χ0n) is 16.8. The van der Waals surface area contributed by atoms with Gasteiger partial charge in [0.1, 0.15) is 0 Å². The number of amides is 1. The van der Waals surface area contributed by atoms with Gasteiger partial charge >= 0.3 is 0 Å². The Hall–Kier alpha value is -2.57. The monoisotopic (exact) mass is 347 g/mol. The van der Waals surface area contributed by atoms with Crippen LogP contribution >= 0.6 is 0 Å². The Labute approximate surface area is 157 Å². The number of allylic oxidation sites excluding steroid dienone is 1. The Morgan fingerprint density at radius 1 is 0.885 bits per heavy atom. The van der Waals surface area contributed by atoms with Crippen LogP contribution in [0.2, 0.25) is 0 Å². The van der Waals surface area contributed by atoms with Crippen molar-refractivity contribution in [2.24, 2.45) is 5.41 Å². The molecule has 0 bridgehead atoms. The second-order valence-corrected chi connectivity index (χ2v) is 8.16. The van der Waals surface area contributed by atoms with Gasteiger partial charge in [0.15, 0.2) is 0 Å². The molecule has 1 amide bonds. The Morgan fingerprint density at radius 3 is 1.88 bits per heavy atom. The Kier molecular flexibility index (Phi) is 6.23. The molecule has 0 saturated carbocycles. The summed E-state index contributed by atoms with van der Waals surface area (Å²) in [6, 6.07) is 18.1. The quantitative estimate of drug-likeness (QED) is 0.640. The average molecular weight is 348 g/mol. The highest BCUT2D eigenvalue weighted by atomic mass is 16.2. The summed E-state index contributed by atoms with van der Waals surface area (Å²) in [5.41, 5.74) is 9.03. The SMILES string of the molecule is CC(=C=C(c1ccccc1)c1ccc(C(=O)N(C)C)cc1)CC(C)(C)C. The third-order valence-corrected chi connectivity index (χ3v) is 4.02. The number of benzene rings is 2. The van der Waals surface area contributed by atoms with E-state index in [-0.39, 0.29) is 11.3 Å². The van der Waals surface area contributed by atoms with Gasteiger partial charge in [-0.15, -0.1) is 5.73 Å². The van der Waals surface area contributed by atoms with E-state index >= 15 is 0 Å². The minimum atomic E-state index is 0.0150. The van der Waals surface area contributed by atoms with Gasteiger partial charge in [-0.2, -0.15) is 0 Å². The van der Waals surface area contributed by atoms with E-state index in [9.17, 15) is 4.79 Å². The van der Waals surface area contributed by atoms with Crippen LogP contribution in [0.5, 0.6) is 0 Å². The highest BCUT2D eigenvalue weighted by molar-refractivity contribution is 5.94. The summed E-state index contributed by atoms with van der Waals surface area (Å²) < 4.78 is 0. The Balaban J connectivity index is 2.52. The number of hydrogen-bond donors (Lipinski definition) is 0. The predicted molar refractivity (Wildman–Crippen MR) is 110 cm³/mol. The van der Waals surface area contributed by atoms with Crippen LogP contribution in [0, 0.1) is 5.41 Å². The first-order valence-corrected chi connectivity index (χ1v) is 9.01. The van der Waals surface area contributed by atoms with Crippen LogP contribution < -0.4 is 0 Å². The van der Waals surface area contributed by atoms with Crippen molar-refractivity contribution in [3.8, 4) is 0 Å². The standard InChI is InChI=1S/C24H29NO/c1-18(17-24(2,3)4)16-22(19-10-8-7-9-11-19)20-12-14-21(15-13-20)23(26)25(5)6/h7-15H,17H2,1-6H3. The highest BCUT2D eigenvalue weighted by Crippen LogP contribution is 2.27. The van der Waals surface area contributed by atoms with Crippen molar-refractivity contribution in [2.45, 2.75) is 34.1 Å². The topological polar surface area (TPSA) is 20.3 Å². The van der Waals surface area contributed by atoms with E-state index in [1.807, 2.05) is 42.5 Å². The van der Waals surface area contributed by atoms with Gasteiger partial charge < -0.3 is 4.90 Å². The molecular weight excluding hydrogens is 318 g/mol. The van der Waals surface area contributed by atoms with Crippen LogP contribution in [0.25, 0.3) is 5.57 Å². The second kappa shape index (κ2) is 8.21. The smallest absolute Gasteiger partial charge is 0.253 e. The van der Waals surface area contributed by atoms with Gasteiger partial charge in [0.05, 0.1) is 0 Å². The van der Waals surface area contributed by atoms with E-state index in [2.05, 4.69) is 45.6 Å². The molecule has 2 aromatic carbocycles. The molecule has 0 heterocycles. The molecule has 0 radical (unpaired) electrons. The van der Waals surface area contributed by atoms with Crippen molar-refractivity contribution >= 4 is 11.5 Å². The first-order valence-electron chi connectivity index (χ1n) is 9.01. The van der Waals surface area contributed by atoms with Crippen LogP contribution in [0.3, 0.4) is 0 Å². The molecule has 0 unspecified atom stereocenters. The molecule has 2 rings (SSSR count). The van der Waals surface area contributed by atoms with Crippen molar-refractivity contribution in [3.05, 3.63) is 82.6 Å². The van der Waals surface area contributed by atoms with Gasteiger partial charge in [0.25, 0.3) is 5.91 Å². The number of rotatable bonds is 4. The van der Waals surface area contributed by atoms with Crippen molar-refractivity contribution in [1.29, 1.82) is 0 Å². The normalized spacial score (nSPS) is 10.8. The van der Waals surface area contributed by atoms with Crippen molar-refractivity contribution in [2.75, 3.05) is 14.1 Å². The molecule has 0 fully saturated rings. The molecule has 0 saturated heterocycles. The number of carbonyl (C=O) groups excluding carboxylic acids is 1. The van der Waals surface area contributed by atoms with Crippen molar-refractivity contribution in [3.63, 3.8) is 0 Å². The van der Waals surface area contributed by atoms with Gasteiger partial charge in [0.2, 0.25) is 0 Å². The fourth-order valence-electron chi connectivity index (χ4n) is 3.01. The average Bonchev–Trinajstić information content (AvgIpc) is 2.58. The first kappa shape index (κ1) is 19.8. The lowest BCUT2D eigenvalue weighted by atomic mass is 9.88. The summed E-state index contributed by atoms with van der Waals surface area (Å²) in [7, 11) is 3.54. The minimum absolute atomic E-state index is 0.0150. The summed E-state index contributed by atoms with van der Waals surface area (Å²) in [5, 5.41) is 0. The van der Waals surface area contributed by atoms with E-state index in [4.69, 9.17) is 0 Å². The largest absolute Gasteiger partial charge is 0.345 e. The van der Waals surface area contributed by atoms with Crippen LogP contribution in [0.4, 0.5) is 0 Å². The van der Waals surface area contributed by atoms with E-state index in [0.717, 1.165) is 23.1 Å². The van der Waals surface area contributed by atoms with Crippen LogP contribution in [0.15, 0.2) is 65.9 Å². The number of carbonyl (C=O) groups is 1. The molecule has 0 aliphatic carbocycles. The number of nitrogens with zero attached hydrogens (tertiary/aromatic N) is 1. The Morgan fingerprint density at radius 2 is 1.38 bits per heavy atom. The summed E-state index contributed by atoms with van der Waals surface area (Å²) >= 11 is 0. The molecule has 2 heteroatoms. The first-order chi connectivity index (χ1) is 12.2. The van der Waals surface area contributed by atoms with E-state index in [1.165, 1.54) is 5.57 Å². The van der Waals surface area contributed by atoms with Crippen LogP contribution in [-0.2, 0) is 0 Å². The van der Waals surface area contributed by atoms with Crippen LogP contribution in [-0.4, -0.2) is 24.9 Å². The van der Waals surface area contributed by atoms with Crippen molar-refractivity contribution < 1.29 is 4.79 Å². The summed E-state index contributed by atoms with van der Waals surface area (Å²) in [4.78, 5) is 13.7. The molecular formula is C24H29NO.